The van der Waals surface area contributed by atoms with Gasteiger partial charge >= 0.3 is 0 Å². The largest absolute Gasteiger partial charge is 0.489 e. The predicted octanol–water partition coefficient (Wildman–Crippen LogP) is 3.52. The Morgan fingerprint density at radius 2 is 2.07 bits per heavy atom. The molecule has 6 nitrogen and oxygen atoms in total. The van der Waals surface area contributed by atoms with Gasteiger partial charge in [-0.05, 0) is 52.2 Å². The number of ether oxygens (including phenoxy) is 3. The minimum absolute atomic E-state index is 0. The summed E-state index contributed by atoms with van der Waals surface area (Å²) >= 11 is 0. The minimum Gasteiger partial charge on any atom is -0.489 e. The first kappa shape index (κ1) is 25.0. The molecule has 0 saturated carbocycles. The number of nitrogens with one attached hydrogen (secondary N) is 2. The van der Waals surface area contributed by atoms with Gasteiger partial charge in [-0.3, -0.25) is 0 Å². The van der Waals surface area contributed by atoms with Gasteiger partial charge in [-0.2, -0.15) is 0 Å². The molecule has 0 aromatic heterocycles. The quantitative estimate of drug-likeness (QED) is 0.209. The lowest BCUT2D eigenvalue weighted by Gasteiger charge is -2.15. The minimum atomic E-state index is 0. The Bertz CT molecular complexity index is 548. The van der Waals surface area contributed by atoms with E-state index >= 15 is 0 Å². The predicted molar refractivity (Wildman–Crippen MR) is 125 cm³/mol. The van der Waals surface area contributed by atoms with Crippen molar-refractivity contribution in [1.82, 2.24) is 10.6 Å². The van der Waals surface area contributed by atoms with Gasteiger partial charge in [0.2, 0.25) is 0 Å². The lowest BCUT2D eigenvalue weighted by molar-refractivity contribution is 0.0168. The smallest absolute Gasteiger partial charge is 0.191 e. The summed E-state index contributed by atoms with van der Waals surface area (Å²) in [5.74, 6) is 1.70. The number of guanidine groups is 1. The molecule has 28 heavy (non-hydrogen) atoms. The van der Waals surface area contributed by atoms with Crippen molar-refractivity contribution in [2.75, 3.05) is 39.5 Å². The second-order valence-electron chi connectivity index (χ2n) is 6.95. The highest BCUT2D eigenvalue weighted by molar-refractivity contribution is 14.0. The third-order valence-electron chi connectivity index (χ3n) is 4.29. The van der Waals surface area contributed by atoms with E-state index in [1.807, 2.05) is 19.1 Å². The first-order valence-corrected chi connectivity index (χ1v) is 10.1. The van der Waals surface area contributed by atoms with Crippen LogP contribution in [-0.4, -0.2) is 57.6 Å². The van der Waals surface area contributed by atoms with E-state index in [1.54, 1.807) is 0 Å². The molecule has 1 aliphatic rings. The van der Waals surface area contributed by atoms with E-state index in [0.29, 0.717) is 19.3 Å². The van der Waals surface area contributed by atoms with Gasteiger partial charge in [0.15, 0.2) is 5.96 Å². The summed E-state index contributed by atoms with van der Waals surface area (Å²) in [7, 11) is 0. The number of aliphatic imine (C=N–C) groups is 1. The Kier molecular flexibility index (Phi) is 13.3. The van der Waals surface area contributed by atoms with E-state index in [2.05, 4.69) is 41.6 Å². The van der Waals surface area contributed by atoms with Crippen LogP contribution in [0.25, 0.3) is 0 Å². The topological polar surface area (TPSA) is 64.1 Å². The van der Waals surface area contributed by atoms with Crippen LogP contribution in [0.15, 0.2) is 29.3 Å². The van der Waals surface area contributed by atoms with E-state index in [-0.39, 0.29) is 30.1 Å². The Hall–Kier alpha value is -1.06. The van der Waals surface area contributed by atoms with Crippen molar-refractivity contribution < 1.29 is 14.2 Å². The molecule has 2 N–H and O–H groups in total. The molecule has 1 aliphatic heterocycles. The van der Waals surface area contributed by atoms with Crippen molar-refractivity contribution in [3.63, 3.8) is 0 Å². The standard InChI is InChI=1S/C21H35N3O3.HI/c1-4-22-21(23-12-6-13-25-16-20-7-5-14-26-20)24-15-18(3)27-19-10-8-17(2)9-11-19;/h8-11,18,20H,4-7,12-16H2,1-3H3,(H2,22,23,24);1H. The number of halogens is 1. The highest BCUT2D eigenvalue weighted by atomic mass is 127. The highest BCUT2D eigenvalue weighted by Crippen LogP contribution is 2.13. The summed E-state index contributed by atoms with van der Waals surface area (Å²) in [6, 6.07) is 8.10. The first-order valence-electron chi connectivity index (χ1n) is 10.1. The zero-order chi connectivity index (χ0) is 19.3. The maximum absolute atomic E-state index is 5.91. The molecule has 2 atom stereocenters. The molecule has 0 bridgehead atoms. The van der Waals surface area contributed by atoms with Crippen LogP contribution in [0.2, 0.25) is 0 Å². The van der Waals surface area contributed by atoms with Crippen LogP contribution in [0.4, 0.5) is 0 Å². The maximum atomic E-state index is 5.91. The van der Waals surface area contributed by atoms with Gasteiger partial charge in [-0.25, -0.2) is 4.99 Å². The summed E-state index contributed by atoms with van der Waals surface area (Å²) in [5.41, 5.74) is 1.23. The normalized spacial score (nSPS) is 17.7. The molecule has 1 aromatic rings. The Morgan fingerprint density at radius 3 is 2.75 bits per heavy atom. The fourth-order valence-corrected chi connectivity index (χ4v) is 2.82. The second-order valence-corrected chi connectivity index (χ2v) is 6.95. The molecule has 0 aliphatic carbocycles. The fourth-order valence-electron chi connectivity index (χ4n) is 2.82. The van der Waals surface area contributed by atoms with Gasteiger partial charge in [-0.1, -0.05) is 17.7 Å². The second kappa shape index (κ2) is 14.9. The molecule has 0 spiro atoms. The molecule has 2 unspecified atom stereocenters. The van der Waals surface area contributed by atoms with Crippen molar-refractivity contribution in [3.8, 4) is 5.75 Å². The zero-order valence-corrected chi connectivity index (χ0v) is 19.7. The van der Waals surface area contributed by atoms with Crippen LogP contribution in [0.5, 0.6) is 5.75 Å². The van der Waals surface area contributed by atoms with Crippen molar-refractivity contribution in [1.29, 1.82) is 0 Å². The molecule has 1 fully saturated rings. The summed E-state index contributed by atoms with van der Waals surface area (Å²) in [6.07, 6.45) is 3.53. The third-order valence-corrected chi connectivity index (χ3v) is 4.29. The van der Waals surface area contributed by atoms with Crippen LogP contribution in [-0.2, 0) is 9.47 Å². The Balaban J connectivity index is 0.00000392. The maximum Gasteiger partial charge on any atom is 0.191 e. The molecule has 1 heterocycles. The van der Waals surface area contributed by atoms with Gasteiger partial charge < -0.3 is 24.8 Å². The van der Waals surface area contributed by atoms with Gasteiger partial charge in [0.1, 0.15) is 11.9 Å². The van der Waals surface area contributed by atoms with E-state index in [0.717, 1.165) is 57.3 Å². The van der Waals surface area contributed by atoms with Crippen LogP contribution >= 0.6 is 24.0 Å². The number of hydrogen-bond donors (Lipinski definition) is 2. The van der Waals surface area contributed by atoms with Crippen molar-refractivity contribution >= 4 is 29.9 Å². The molecule has 1 saturated heterocycles. The Labute approximate surface area is 186 Å². The monoisotopic (exact) mass is 505 g/mol. The summed E-state index contributed by atoms with van der Waals surface area (Å²) in [6.45, 7) is 10.7. The zero-order valence-electron chi connectivity index (χ0n) is 17.4. The average molecular weight is 505 g/mol. The lowest BCUT2D eigenvalue weighted by atomic mass is 10.2. The molecule has 160 valence electrons. The van der Waals surface area contributed by atoms with Crippen LogP contribution in [0.1, 0.15) is 38.7 Å². The summed E-state index contributed by atoms with van der Waals surface area (Å²) < 4.78 is 17.1. The lowest BCUT2D eigenvalue weighted by Crippen LogP contribution is -2.38. The molecule has 1 aromatic carbocycles. The van der Waals surface area contributed by atoms with E-state index in [4.69, 9.17) is 14.2 Å². The number of benzene rings is 1. The molecule has 2 rings (SSSR count). The molecule has 0 amide bonds. The van der Waals surface area contributed by atoms with Crippen molar-refractivity contribution in [2.24, 2.45) is 4.99 Å². The number of hydrogen-bond acceptors (Lipinski definition) is 4. The van der Waals surface area contributed by atoms with Crippen LogP contribution in [0.3, 0.4) is 0 Å². The van der Waals surface area contributed by atoms with E-state index in [1.165, 1.54) is 5.56 Å². The van der Waals surface area contributed by atoms with Gasteiger partial charge in [0, 0.05) is 26.3 Å². The average Bonchev–Trinajstić information content (AvgIpc) is 3.18. The van der Waals surface area contributed by atoms with Crippen molar-refractivity contribution in [2.45, 2.75) is 52.2 Å². The number of nitrogens with zero attached hydrogens (tertiary/aromatic N) is 1. The third kappa shape index (κ3) is 10.5. The highest BCUT2D eigenvalue weighted by Gasteiger charge is 2.14. The van der Waals surface area contributed by atoms with Gasteiger partial charge in [0.05, 0.1) is 19.3 Å². The molecule has 7 heteroatoms. The van der Waals surface area contributed by atoms with Crippen molar-refractivity contribution in [3.05, 3.63) is 29.8 Å². The van der Waals surface area contributed by atoms with Crippen LogP contribution < -0.4 is 15.4 Å². The Morgan fingerprint density at radius 1 is 1.29 bits per heavy atom. The number of aryl methyl sites for hydroxylation is 1. The first-order chi connectivity index (χ1) is 13.2. The summed E-state index contributed by atoms with van der Waals surface area (Å²) in [5, 5.41) is 6.62. The van der Waals surface area contributed by atoms with E-state index < -0.39 is 0 Å². The van der Waals surface area contributed by atoms with Crippen LogP contribution in [0, 0.1) is 6.92 Å². The SMILES string of the molecule is CCNC(=NCC(C)Oc1ccc(C)cc1)NCCCOCC1CCCO1.I. The molecular weight excluding hydrogens is 469 g/mol. The van der Waals surface area contributed by atoms with Gasteiger partial charge in [-0.15, -0.1) is 24.0 Å². The molecular formula is C21H36IN3O3. The molecule has 0 radical (unpaired) electrons. The fraction of sp³-hybridized carbons (Fsp3) is 0.667. The number of rotatable bonds is 11. The summed E-state index contributed by atoms with van der Waals surface area (Å²) in [4.78, 5) is 4.62. The van der Waals surface area contributed by atoms with E-state index in [9.17, 15) is 0 Å². The van der Waals surface area contributed by atoms with Gasteiger partial charge in [0.25, 0.3) is 0 Å².